The molecule has 0 heterocycles. The Morgan fingerprint density at radius 1 is 0.532 bits per heavy atom. The molecule has 1 aromatic rings. The molecule has 0 aromatic heterocycles. The van der Waals surface area contributed by atoms with E-state index in [1.54, 1.807) is 12.1 Å². The van der Waals surface area contributed by atoms with E-state index in [2.05, 4.69) is 0 Å². The highest BCUT2D eigenvalue weighted by Crippen LogP contribution is 2.12. The van der Waals surface area contributed by atoms with Crippen LogP contribution >= 0.6 is 0 Å². The molecule has 17 heteroatoms. The first kappa shape index (κ1) is 42.4. The van der Waals surface area contributed by atoms with E-state index in [-0.39, 0.29) is 37.7 Å². The average molecular weight is 697 g/mol. The molecule has 0 atom stereocenters. The van der Waals surface area contributed by atoms with E-state index in [1.165, 1.54) is 12.1 Å². The number of aryl methyl sites for hydroxylation is 1. The van der Waals surface area contributed by atoms with Gasteiger partial charge in [0.1, 0.15) is 6.61 Å². The smallest absolute Gasteiger partial charge is 0.372 e. The van der Waals surface area contributed by atoms with Crippen LogP contribution in [0.2, 0.25) is 0 Å². The van der Waals surface area contributed by atoms with Crippen LogP contribution in [0.5, 0.6) is 0 Å². The van der Waals surface area contributed by atoms with E-state index in [4.69, 9.17) is 51.9 Å². The van der Waals surface area contributed by atoms with Crippen LogP contribution < -0.4 is 0 Å². The van der Waals surface area contributed by atoms with Crippen molar-refractivity contribution in [3.8, 4) is 0 Å². The van der Waals surface area contributed by atoms with Gasteiger partial charge < -0.3 is 47.7 Å². The first-order chi connectivity index (χ1) is 22.7. The number of rotatable bonds is 33. The minimum Gasteiger partial charge on any atom is -0.476 e. The van der Waals surface area contributed by atoms with Crippen LogP contribution in [0.4, 0.5) is 0 Å². The summed E-state index contributed by atoms with van der Waals surface area (Å²) >= 11 is 0. The molecule has 0 bridgehead atoms. The van der Waals surface area contributed by atoms with Crippen LogP contribution in [-0.4, -0.2) is 150 Å². The van der Waals surface area contributed by atoms with Crippen molar-refractivity contribution in [3.63, 3.8) is 0 Å². The molecular formula is C30H48O16S. The summed E-state index contributed by atoms with van der Waals surface area (Å²) in [5.74, 6) is -3.26. The molecule has 0 aliphatic heterocycles. The van der Waals surface area contributed by atoms with E-state index in [9.17, 15) is 22.8 Å². The molecule has 0 saturated carbocycles. The predicted octanol–water partition coefficient (Wildman–Crippen LogP) is 0.810. The Kier molecular flexibility index (Phi) is 25.7. The lowest BCUT2D eigenvalue weighted by molar-refractivity contribution is -0.151. The lowest BCUT2D eigenvalue weighted by Crippen LogP contribution is -2.17. The van der Waals surface area contributed by atoms with Gasteiger partial charge in [0.25, 0.3) is 10.1 Å². The van der Waals surface area contributed by atoms with Gasteiger partial charge in [-0.1, -0.05) is 17.7 Å². The molecule has 0 aliphatic rings. The first-order valence-electron chi connectivity index (χ1n) is 15.2. The van der Waals surface area contributed by atoms with Gasteiger partial charge in [-0.3, -0.25) is 13.8 Å². The number of aliphatic carboxylic acids is 1. The van der Waals surface area contributed by atoms with Gasteiger partial charge in [0, 0.05) is 6.42 Å². The van der Waals surface area contributed by atoms with Gasteiger partial charge in [-0.15, -0.1) is 0 Å². The van der Waals surface area contributed by atoms with Crippen LogP contribution in [0, 0.1) is 6.92 Å². The van der Waals surface area contributed by atoms with Gasteiger partial charge in [0.15, 0.2) is 0 Å². The summed E-state index contributed by atoms with van der Waals surface area (Å²) in [7, 11) is -3.79. The number of Topliss-reactive ketones (excluding diaryl/α,β-unsaturated/α-hetero) is 1. The zero-order valence-electron chi connectivity index (χ0n) is 26.9. The number of benzene rings is 1. The number of ether oxygens (including phenoxy) is 9. The van der Waals surface area contributed by atoms with Crippen molar-refractivity contribution in [3.05, 3.63) is 29.8 Å². The van der Waals surface area contributed by atoms with Gasteiger partial charge in [-0.2, -0.15) is 8.42 Å². The molecule has 1 N–H and O–H groups in total. The summed E-state index contributed by atoms with van der Waals surface area (Å²) in [4.78, 5) is 32.7. The van der Waals surface area contributed by atoms with Crippen LogP contribution in [-0.2, 0) is 71.3 Å². The van der Waals surface area contributed by atoms with Crippen molar-refractivity contribution in [2.75, 3.05) is 119 Å². The molecule has 0 unspecified atom stereocenters. The summed E-state index contributed by atoms with van der Waals surface area (Å²) in [6, 6.07) is 6.43. The Bertz CT molecular complexity index is 1060. The van der Waals surface area contributed by atoms with Gasteiger partial charge in [0.2, 0.25) is 5.78 Å². The molecule has 47 heavy (non-hydrogen) atoms. The van der Waals surface area contributed by atoms with Gasteiger partial charge in [-0.25, -0.2) is 4.79 Å². The highest BCUT2D eigenvalue weighted by atomic mass is 32.2. The van der Waals surface area contributed by atoms with Crippen LogP contribution in [0.3, 0.4) is 0 Å². The molecule has 0 fully saturated rings. The van der Waals surface area contributed by atoms with Crippen molar-refractivity contribution in [1.29, 1.82) is 0 Å². The van der Waals surface area contributed by atoms with Crippen LogP contribution in [0.1, 0.15) is 18.4 Å². The SMILES string of the molecule is Cc1ccc(S(=O)(=O)OCCOCCOCCOCCOCCOCCOCCOCCOCCOC(=O)CCC(=O)C(=O)O)cc1. The van der Waals surface area contributed by atoms with E-state index in [1.807, 2.05) is 6.92 Å². The second-order valence-corrected chi connectivity index (χ2v) is 11.1. The summed E-state index contributed by atoms with van der Waals surface area (Å²) in [5.41, 5.74) is 0.963. The second-order valence-electron chi connectivity index (χ2n) is 9.44. The Morgan fingerprint density at radius 2 is 0.872 bits per heavy atom. The third-order valence-corrected chi connectivity index (χ3v) is 6.99. The second kappa shape index (κ2) is 28.4. The molecule has 0 saturated heterocycles. The molecule has 16 nitrogen and oxygen atoms in total. The van der Waals surface area contributed by atoms with Crippen molar-refractivity contribution in [1.82, 2.24) is 0 Å². The lowest BCUT2D eigenvalue weighted by atomic mass is 10.2. The molecule has 0 spiro atoms. The van der Waals surface area contributed by atoms with Crippen LogP contribution in [0.25, 0.3) is 0 Å². The van der Waals surface area contributed by atoms with Crippen molar-refractivity contribution < 1.29 is 74.7 Å². The van der Waals surface area contributed by atoms with Crippen molar-refractivity contribution in [2.24, 2.45) is 0 Å². The van der Waals surface area contributed by atoms with E-state index in [0.717, 1.165) is 5.56 Å². The third-order valence-electron chi connectivity index (χ3n) is 5.67. The highest BCUT2D eigenvalue weighted by Gasteiger charge is 2.15. The monoisotopic (exact) mass is 696 g/mol. The minimum atomic E-state index is -3.79. The first-order valence-corrected chi connectivity index (χ1v) is 16.6. The molecule has 0 radical (unpaired) electrons. The molecule has 1 rings (SSSR count). The fourth-order valence-electron chi connectivity index (χ4n) is 3.23. The molecule has 0 aliphatic carbocycles. The van der Waals surface area contributed by atoms with Gasteiger partial charge in [-0.05, 0) is 19.1 Å². The number of carboxylic acid groups (broad SMARTS) is 1. The van der Waals surface area contributed by atoms with Gasteiger partial charge in [0.05, 0.1) is 124 Å². The Labute approximate surface area is 275 Å². The zero-order chi connectivity index (χ0) is 34.4. The maximum Gasteiger partial charge on any atom is 0.372 e. The normalized spacial score (nSPS) is 11.5. The number of carboxylic acids is 1. The summed E-state index contributed by atoms with van der Waals surface area (Å²) in [6.07, 6.45) is -0.676. The standard InChI is InChI=1S/C30H48O16S/c1-26-2-4-27(5-3-26)47(35,36)46-25-23-44-21-19-42-17-15-40-13-11-38-9-8-37-10-12-39-14-16-41-18-20-43-22-24-45-29(32)7-6-28(31)30(33)34/h2-5H,6-25H2,1H3,(H,33,34). The molecular weight excluding hydrogens is 648 g/mol. The number of hydrogen-bond acceptors (Lipinski definition) is 15. The largest absolute Gasteiger partial charge is 0.476 e. The third kappa shape index (κ3) is 25.2. The Hall–Kier alpha value is -2.58. The van der Waals surface area contributed by atoms with E-state index >= 15 is 0 Å². The van der Waals surface area contributed by atoms with E-state index in [0.29, 0.717) is 92.5 Å². The zero-order valence-corrected chi connectivity index (χ0v) is 27.7. The average Bonchev–Trinajstić information content (AvgIpc) is 3.05. The number of carbonyl (C=O) groups excluding carboxylic acids is 2. The fraction of sp³-hybridized carbons (Fsp3) is 0.700. The summed E-state index contributed by atoms with van der Waals surface area (Å²) < 4.78 is 76.9. The number of carbonyl (C=O) groups is 3. The fourth-order valence-corrected chi connectivity index (χ4v) is 4.12. The van der Waals surface area contributed by atoms with Gasteiger partial charge >= 0.3 is 11.9 Å². The summed E-state index contributed by atoms with van der Waals surface area (Å²) in [6.45, 7) is 7.54. The highest BCUT2D eigenvalue weighted by molar-refractivity contribution is 7.86. The number of ketones is 1. The quantitative estimate of drug-likeness (QED) is 0.0468. The maximum absolute atomic E-state index is 12.1. The molecule has 1 aromatic carbocycles. The van der Waals surface area contributed by atoms with E-state index < -0.39 is 34.3 Å². The van der Waals surface area contributed by atoms with Crippen molar-refractivity contribution >= 4 is 27.8 Å². The maximum atomic E-state index is 12.1. The molecule has 270 valence electrons. The predicted molar refractivity (Wildman–Crippen MR) is 164 cm³/mol. The number of hydrogen-bond donors (Lipinski definition) is 1. The lowest BCUT2D eigenvalue weighted by Gasteiger charge is -2.09. The van der Waals surface area contributed by atoms with Crippen LogP contribution in [0.15, 0.2) is 29.2 Å². The number of esters is 1. The van der Waals surface area contributed by atoms with Crippen molar-refractivity contribution in [2.45, 2.75) is 24.7 Å². The summed E-state index contributed by atoms with van der Waals surface area (Å²) in [5, 5.41) is 8.44. The Morgan fingerprint density at radius 3 is 1.23 bits per heavy atom. The molecule has 0 amide bonds. The topological polar surface area (TPSA) is 198 Å². The Balaban J connectivity index is 1.72. The minimum absolute atomic E-state index is 0.00373.